The molecule has 0 saturated carbocycles. The van der Waals surface area contributed by atoms with Gasteiger partial charge in [-0.15, -0.1) is 18.0 Å². The van der Waals surface area contributed by atoms with Crippen LogP contribution in [0.4, 0.5) is 0 Å². The van der Waals surface area contributed by atoms with E-state index in [1.807, 2.05) is 0 Å². The highest BCUT2D eigenvalue weighted by Crippen LogP contribution is 1.86. The molecule has 3 nitrogen and oxygen atoms in total. The molecule has 0 heterocycles. The van der Waals surface area contributed by atoms with Crippen LogP contribution in [0.15, 0.2) is 0 Å². The fraction of sp³-hybridized carbons (Fsp3) is 0.800. The molecule has 0 fully saturated rings. The minimum absolute atomic E-state index is 0.374. The van der Waals surface area contributed by atoms with E-state index in [1.165, 1.54) is 0 Å². The fourth-order valence-corrected chi connectivity index (χ4v) is 0.880. The Balaban J connectivity index is 2.82. The van der Waals surface area contributed by atoms with Crippen molar-refractivity contribution in [1.82, 2.24) is 0 Å². The summed E-state index contributed by atoms with van der Waals surface area (Å²) in [5.41, 5.74) is 0. The third-order valence-electron chi connectivity index (χ3n) is 1.36. The molecule has 0 saturated heterocycles. The molecule has 0 atom stereocenters. The molecular weight excluding hydrogens is 204 g/mol. The molecule has 0 aliphatic carbocycles. The van der Waals surface area contributed by atoms with E-state index in [4.69, 9.17) is 32.2 Å². The summed E-state index contributed by atoms with van der Waals surface area (Å²) in [7, 11) is 0. The van der Waals surface area contributed by atoms with Crippen LogP contribution in [0.3, 0.4) is 0 Å². The third kappa shape index (κ3) is 11.7. The van der Waals surface area contributed by atoms with Crippen molar-refractivity contribution in [3.63, 3.8) is 0 Å². The van der Waals surface area contributed by atoms with E-state index < -0.39 is 0 Å². The Morgan fingerprint density at radius 3 is 2.21 bits per heavy atom. The molecule has 82 valence electrons. The second-order valence-electron chi connectivity index (χ2n) is 2.52. The number of terminal acetylenes is 1. The van der Waals surface area contributed by atoms with E-state index in [0.29, 0.717) is 45.5 Å². The van der Waals surface area contributed by atoms with Crippen LogP contribution in [0, 0.1) is 12.3 Å². The molecule has 0 bridgehead atoms. The van der Waals surface area contributed by atoms with E-state index in [0.717, 1.165) is 6.42 Å². The lowest BCUT2D eigenvalue weighted by Gasteiger charge is -2.04. The topological polar surface area (TPSA) is 27.7 Å². The zero-order valence-electron chi connectivity index (χ0n) is 8.34. The lowest BCUT2D eigenvalue weighted by atomic mass is 10.5. The lowest BCUT2D eigenvalue weighted by molar-refractivity contribution is 0.0428. The maximum atomic E-state index is 5.41. The van der Waals surface area contributed by atoms with Crippen LogP contribution in [0.5, 0.6) is 0 Å². The molecule has 0 N–H and O–H groups in total. The normalized spacial score (nSPS) is 10.0. The minimum atomic E-state index is 0.374. The van der Waals surface area contributed by atoms with Gasteiger partial charge in [0.05, 0.1) is 26.4 Å². The predicted octanol–water partition coefficient (Wildman–Crippen LogP) is 1.30. The average Bonchev–Trinajstić information content (AvgIpc) is 2.21. The number of ether oxygens (including phenoxy) is 3. The second kappa shape index (κ2) is 12.7. The standard InChI is InChI=1S/C10H17ClO3/c1-2-5-12-6-3-7-13-9-10-14-8-4-11/h1H,3-10H2. The summed E-state index contributed by atoms with van der Waals surface area (Å²) in [6, 6.07) is 0. The van der Waals surface area contributed by atoms with Gasteiger partial charge in [0.1, 0.15) is 6.61 Å². The Morgan fingerprint density at radius 1 is 0.929 bits per heavy atom. The highest BCUT2D eigenvalue weighted by molar-refractivity contribution is 6.17. The summed E-state index contributed by atoms with van der Waals surface area (Å²) in [6.07, 6.45) is 5.86. The average molecular weight is 221 g/mol. The summed E-state index contributed by atoms with van der Waals surface area (Å²) in [5.74, 6) is 2.93. The third-order valence-corrected chi connectivity index (χ3v) is 1.51. The van der Waals surface area contributed by atoms with Gasteiger partial charge in [-0.05, 0) is 6.42 Å². The van der Waals surface area contributed by atoms with Crippen molar-refractivity contribution in [2.75, 3.05) is 45.5 Å². The Labute approximate surface area is 90.7 Å². The molecular formula is C10H17ClO3. The van der Waals surface area contributed by atoms with Crippen molar-refractivity contribution in [3.05, 3.63) is 0 Å². The highest BCUT2D eigenvalue weighted by atomic mass is 35.5. The Hall–Kier alpha value is -0.270. The minimum Gasteiger partial charge on any atom is -0.379 e. The van der Waals surface area contributed by atoms with E-state index in [-0.39, 0.29) is 0 Å². The van der Waals surface area contributed by atoms with Gasteiger partial charge in [0.25, 0.3) is 0 Å². The highest BCUT2D eigenvalue weighted by Gasteiger charge is 1.90. The first kappa shape index (κ1) is 13.7. The van der Waals surface area contributed by atoms with Crippen LogP contribution in [0.25, 0.3) is 0 Å². The van der Waals surface area contributed by atoms with Gasteiger partial charge in [0.15, 0.2) is 0 Å². The van der Waals surface area contributed by atoms with Crippen LogP contribution in [0.2, 0.25) is 0 Å². The van der Waals surface area contributed by atoms with Crippen molar-refractivity contribution in [3.8, 4) is 12.3 Å². The van der Waals surface area contributed by atoms with E-state index in [9.17, 15) is 0 Å². The van der Waals surface area contributed by atoms with Gasteiger partial charge in [0, 0.05) is 12.5 Å². The van der Waals surface area contributed by atoms with Crippen LogP contribution >= 0.6 is 11.6 Å². The van der Waals surface area contributed by atoms with Crippen molar-refractivity contribution >= 4 is 11.6 Å². The molecule has 0 rings (SSSR count). The van der Waals surface area contributed by atoms with Crippen molar-refractivity contribution in [2.24, 2.45) is 0 Å². The zero-order chi connectivity index (χ0) is 10.5. The van der Waals surface area contributed by atoms with Gasteiger partial charge in [-0.3, -0.25) is 0 Å². The van der Waals surface area contributed by atoms with Crippen LogP contribution in [-0.4, -0.2) is 45.5 Å². The summed E-state index contributed by atoms with van der Waals surface area (Å²) in [5, 5.41) is 0. The van der Waals surface area contributed by atoms with Crippen molar-refractivity contribution in [1.29, 1.82) is 0 Å². The molecule has 0 radical (unpaired) electrons. The maximum Gasteiger partial charge on any atom is 0.107 e. The van der Waals surface area contributed by atoms with Gasteiger partial charge in [0.2, 0.25) is 0 Å². The molecule has 0 aromatic carbocycles. The first-order chi connectivity index (χ1) is 6.91. The summed E-state index contributed by atoms with van der Waals surface area (Å²) >= 11 is 5.41. The second-order valence-corrected chi connectivity index (χ2v) is 2.90. The Bertz CT molecular complexity index is 145. The number of hydrogen-bond acceptors (Lipinski definition) is 3. The van der Waals surface area contributed by atoms with Gasteiger partial charge in [-0.1, -0.05) is 5.92 Å². The molecule has 0 spiro atoms. The SMILES string of the molecule is C#CCOCCCOCCOCCCl. The summed E-state index contributed by atoms with van der Waals surface area (Å²) < 4.78 is 15.4. The van der Waals surface area contributed by atoms with Crippen LogP contribution in [-0.2, 0) is 14.2 Å². The van der Waals surface area contributed by atoms with Crippen LogP contribution in [0.1, 0.15) is 6.42 Å². The van der Waals surface area contributed by atoms with Gasteiger partial charge >= 0.3 is 0 Å². The molecule has 0 amide bonds. The maximum absolute atomic E-state index is 5.41. The van der Waals surface area contributed by atoms with Crippen molar-refractivity contribution in [2.45, 2.75) is 6.42 Å². The van der Waals surface area contributed by atoms with Crippen LogP contribution < -0.4 is 0 Å². The number of hydrogen-bond donors (Lipinski definition) is 0. The zero-order valence-corrected chi connectivity index (χ0v) is 9.09. The van der Waals surface area contributed by atoms with Gasteiger partial charge in [-0.2, -0.15) is 0 Å². The summed E-state index contributed by atoms with van der Waals surface area (Å²) in [4.78, 5) is 0. The number of halogens is 1. The van der Waals surface area contributed by atoms with E-state index in [2.05, 4.69) is 5.92 Å². The number of rotatable bonds is 10. The first-order valence-corrected chi connectivity index (χ1v) is 5.18. The monoisotopic (exact) mass is 220 g/mol. The quantitative estimate of drug-likeness (QED) is 0.316. The molecule has 0 aliphatic rings. The Morgan fingerprint density at radius 2 is 1.57 bits per heavy atom. The van der Waals surface area contributed by atoms with Gasteiger partial charge < -0.3 is 14.2 Å². The van der Waals surface area contributed by atoms with Crippen molar-refractivity contribution < 1.29 is 14.2 Å². The summed E-state index contributed by atoms with van der Waals surface area (Å²) in [6.45, 7) is 3.47. The molecule has 0 unspecified atom stereocenters. The molecule has 0 aromatic rings. The van der Waals surface area contributed by atoms with Gasteiger partial charge in [-0.25, -0.2) is 0 Å². The lowest BCUT2D eigenvalue weighted by Crippen LogP contribution is -2.08. The molecule has 14 heavy (non-hydrogen) atoms. The first-order valence-electron chi connectivity index (χ1n) is 4.64. The van der Waals surface area contributed by atoms with E-state index in [1.54, 1.807) is 0 Å². The Kier molecular flexibility index (Phi) is 12.5. The van der Waals surface area contributed by atoms with E-state index >= 15 is 0 Å². The fourth-order valence-electron chi connectivity index (χ4n) is 0.771. The number of alkyl halides is 1. The molecule has 0 aromatic heterocycles. The molecule has 4 heteroatoms. The largest absolute Gasteiger partial charge is 0.379 e. The molecule has 0 aliphatic heterocycles. The smallest absolute Gasteiger partial charge is 0.107 e. The predicted molar refractivity (Wildman–Crippen MR) is 56.6 cm³/mol.